The van der Waals surface area contributed by atoms with Crippen molar-refractivity contribution in [3.8, 4) is 5.88 Å². The van der Waals surface area contributed by atoms with Gasteiger partial charge in [-0.25, -0.2) is 4.79 Å². The van der Waals surface area contributed by atoms with E-state index in [2.05, 4.69) is 17.2 Å². The Hall–Kier alpha value is -2.34. The van der Waals surface area contributed by atoms with Crippen molar-refractivity contribution in [2.45, 2.75) is 51.6 Å². The van der Waals surface area contributed by atoms with Crippen LogP contribution in [0.25, 0.3) is 0 Å². The number of nitrogens with one attached hydrogen (secondary N) is 2. The van der Waals surface area contributed by atoms with E-state index in [0.29, 0.717) is 6.54 Å². The number of unbranched alkanes of at least 4 members (excludes halogenated alkanes) is 3. The molecule has 6 nitrogen and oxygen atoms in total. The highest BCUT2D eigenvalue weighted by Gasteiger charge is 2.28. The number of fused-ring (bicyclic) bond motifs is 1. The highest BCUT2D eigenvalue weighted by atomic mass is 16.3. The van der Waals surface area contributed by atoms with Crippen LogP contribution >= 0.6 is 0 Å². The Morgan fingerprint density at radius 2 is 2.00 bits per heavy atom. The Balaban J connectivity index is 2.00. The zero-order valence-electron chi connectivity index (χ0n) is 14.5. The van der Waals surface area contributed by atoms with Crippen molar-refractivity contribution < 1.29 is 5.11 Å². The highest BCUT2D eigenvalue weighted by molar-refractivity contribution is 5.41. The molecule has 3 N–H and O–H groups in total. The van der Waals surface area contributed by atoms with E-state index in [-0.39, 0.29) is 11.4 Å². The van der Waals surface area contributed by atoms with Crippen LogP contribution in [0.5, 0.6) is 5.88 Å². The summed E-state index contributed by atoms with van der Waals surface area (Å²) >= 11 is 0. The Morgan fingerprint density at radius 1 is 1.20 bits per heavy atom. The van der Waals surface area contributed by atoms with Gasteiger partial charge in [0.2, 0.25) is 5.88 Å². The summed E-state index contributed by atoms with van der Waals surface area (Å²) in [6.45, 7) is 3.24. The van der Waals surface area contributed by atoms with Crippen LogP contribution in [0, 0.1) is 0 Å². The summed E-state index contributed by atoms with van der Waals surface area (Å²) in [5.41, 5.74) is 1.28. The first-order valence-corrected chi connectivity index (χ1v) is 9.00. The van der Waals surface area contributed by atoms with Crippen molar-refractivity contribution >= 4 is 0 Å². The third kappa shape index (κ3) is 3.54. The predicted octanol–water partition coefficient (Wildman–Crippen LogP) is 2.06. The minimum Gasteiger partial charge on any atom is -0.494 e. The summed E-state index contributed by atoms with van der Waals surface area (Å²) in [6.07, 6.45) is 4.84. The highest BCUT2D eigenvalue weighted by Crippen LogP contribution is 2.30. The second-order valence-corrected chi connectivity index (χ2v) is 6.54. The van der Waals surface area contributed by atoms with Gasteiger partial charge in [0.15, 0.2) is 0 Å². The summed E-state index contributed by atoms with van der Waals surface area (Å²) < 4.78 is 1.28. The smallest absolute Gasteiger partial charge is 0.331 e. The van der Waals surface area contributed by atoms with E-state index in [1.54, 1.807) is 0 Å². The van der Waals surface area contributed by atoms with E-state index >= 15 is 0 Å². The lowest BCUT2D eigenvalue weighted by molar-refractivity contribution is 0.377. The molecule has 0 saturated heterocycles. The van der Waals surface area contributed by atoms with Gasteiger partial charge in [0, 0.05) is 13.1 Å². The average molecular weight is 343 g/mol. The predicted molar refractivity (Wildman–Crippen MR) is 97.1 cm³/mol. The molecule has 0 saturated carbocycles. The van der Waals surface area contributed by atoms with Crippen molar-refractivity contribution in [1.29, 1.82) is 0 Å². The fraction of sp³-hybridized carbons (Fsp3) is 0.474. The molecular formula is C19H25N3O3. The molecule has 0 amide bonds. The molecule has 134 valence electrons. The molecule has 1 atom stereocenters. The van der Waals surface area contributed by atoms with E-state index < -0.39 is 17.3 Å². The molecule has 1 aromatic carbocycles. The quantitative estimate of drug-likeness (QED) is 0.701. The Kier molecular flexibility index (Phi) is 5.38. The molecule has 0 radical (unpaired) electrons. The number of hydrogen-bond donors (Lipinski definition) is 3. The molecule has 2 heterocycles. The molecule has 3 rings (SSSR count). The maximum absolute atomic E-state index is 12.4. The fourth-order valence-electron chi connectivity index (χ4n) is 3.50. The summed E-state index contributed by atoms with van der Waals surface area (Å²) in [4.78, 5) is 26.9. The van der Waals surface area contributed by atoms with E-state index in [0.717, 1.165) is 49.8 Å². The lowest BCUT2D eigenvalue weighted by Gasteiger charge is -2.27. The molecule has 0 aliphatic carbocycles. The minimum atomic E-state index is -0.549. The van der Waals surface area contributed by atoms with Crippen molar-refractivity contribution in [3.63, 3.8) is 0 Å². The standard InChI is InChI=1S/C19H25N3O3/c1-2-3-4-7-12-22-18(24)15(17(23)21-19(22)25)16-14-9-6-5-8-13(14)10-11-20-16/h5-6,8-9,16,20,24H,2-4,7,10-12H2,1H3,(H,21,23,25)/t16-/m1/s1. The van der Waals surface area contributed by atoms with E-state index in [9.17, 15) is 14.7 Å². The molecule has 0 unspecified atom stereocenters. The summed E-state index contributed by atoms with van der Waals surface area (Å²) in [5.74, 6) is -0.223. The number of aromatic nitrogens is 2. The zero-order chi connectivity index (χ0) is 17.8. The number of benzene rings is 1. The molecule has 1 aromatic heterocycles. The maximum atomic E-state index is 12.4. The molecule has 1 aliphatic heterocycles. The lowest BCUT2D eigenvalue weighted by atomic mass is 9.91. The number of aromatic amines is 1. The molecule has 0 fully saturated rings. The second-order valence-electron chi connectivity index (χ2n) is 6.54. The summed E-state index contributed by atoms with van der Waals surface area (Å²) in [6, 6.07) is 7.48. The number of rotatable bonds is 6. The van der Waals surface area contributed by atoms with Crippen molar-refractivity contribution in [2.75, 3.05) is 6.54 Å². The number of aromatic hydroxyl groups is 1. The molecular weight excluding hydrogens is 318 g/mol. The van der Waals surface area contributed by atoms with Gasteiger partial charge in [-0.15, -0.1) is 0 Å². The topological polar surface area (TPSA) is 87.1 Å². The second kappa shape index (κ2) is 7.70. The van der Waals surface area contributed by atoms with E-state index in [1.165, 1.54) is 4.57 Å². The molecule has 0 bridgehead atoms. The molecule has 0 spiro atoms. The number of nitrogens with zero attached hydrogens (tertiary/aromatic N) is 1. The molecule has 25 heavy (non-hydrogen) atoms. The van der Waals surface area contributed by atoms with Crippen LogP contribution in [0.1, 0.15) is 55.3 Å². The Labute approximate surface area is 146 Å². The van der Waals surface area contributed by atoms with Gasteiger partial charge in [-0.05, 0) is 24.0 Å². The van der Waals surface area contributed by atoms with Crippen LogP contribution in [-0.2, 0) is 13.0 Å². The Bertz CT molecular complexity index is 854. The largest absolute Gasteiger partial charge is 0.494 e. The van der Waals surface area contributed by atoms with E-state index in [4.69, 9.17) is 0 Å². The summed E-state index contributed by atoms with van der Waals surface area (Å²) in [5, 5.41) is 14.0. The monoisotopic (exact) mass is 343 g/mol. The van der Waals surface area contributed by atoms with Gasteiger partial charge in [0.05, 0.1) is 11.6 Å². The van der Waals surface area contributed by atoms with Gasteiger partial charge < -0.3 is 10.4 Å². The van der Waals surface area contributed by atoms with Gasteiger partial charge in [-0.1, -0.05) is 50.5 Å². The maximum Gasteiger partial charge on any atom is 0.331 e. The average Bonchev–Trinajstić information content (AvgIpc) is 2.61. The molecule has 2 aromatic rings. The fourth-order valence-corrected chi connectivity index (χ4v) is 3.50. The van der Waals surface area contributed by atoms with Gasteiger partial charge in [-0.2, -0.15) is 0 Å². The van der Waals surface area contributed by atoms with Gasteiger partial charge >= 0.3 is 5.69 Å². The normalized spacial score (nSPS) is 16.6. The van der Waals surface area contributed by atoms with Crippen LogP contribution in [0.2, 0.25) is 0 Å². The van der Waals surface area contributed by atoms with Gasteiger partial charge in [-0.3, -0.25) is 14.3 Å². The number of hydrogen-bond acceptors (Lipinski definition) is 4. The summed E-state index contributed by atoms with van der Waals surface area (Å²) in [7, 11) is 0. The van der Waals surface area contributed by atoms with Crippen LogP contribution in [0.15, 0.2) is 33.9 Å². The first-order chi connectivity index (χ1) is 12.1. The zero-order valence-corrected chi connectivity index (χ0v) is 14.5. The molecule has 1 aliphatic rings. The van der Waals surface area contributed by atoms with E-state index in [1.807, 2.05) is 24.3 Å². The van der Waals surface area contributed by atoms with Gasteiger partial charge in [0.25, 0.3) is 5.56 Å². The van der Waals surface area contributed by atoms with Crippen molar-refractivity contribution in [3.05, 3.63) is 61.8 Å². The first-order valence-electron chi connectivity index (χ1n) is 9.00. The first kappa shape index (κ1) is 17.5. The lowest BCUT2D eigenvalue weighted by Crippen LogP contribution is -2.39. The van der Waals surface area contributed by atoms with Crippen LogP contribution in [-0.4, -0.2) is 21.2 Å². The SMILES string of the molecule is CCCCCCn1c(O)c([C@@H]2NCCc3ccccc32)c(=O)[nH]c1=O. The van der Waals surface area contributed by atoms with Crippen LogP contribution in [0.3, 0.4) is 0 Å². The third-order valence-electron chi connectivity index (χ3n) is 4.84. The van der Waals surface area contributed by atoms with Crippen LogP contribution in [0.4, 0.5) is 0 Å². The van der Waals surface area contributed by atoms with Crippen molar-refractivity contribution in [1.82, 2.24) is 14.9 Å². The minimum absolute atomic E-state index is 0.223. The third-order valence-corrected chi connectivity index (χ3v) is 4.84. The van der Waals surface area contributed by atoms with Crippen LogP contribution < -0.4 is 16.6 Å². The number of H-pyrrole nitrogens is 1. The van der Waals surface area contributed by atoms with Gasteiger partial charge in [0.1, 0.15) is 0 Å². The Morgan fingerprint density at radius 3 is 2.80 bits per heavy atom. The molecule has 6 heteroatoms. The van der Waals surface area contributed by atoms with Crippen molar-refractivity contribution in [2.24, 2.45) is 0 Å².